The molecule has 1 aromatic carbocycles. The van der Waals surface area contributed by atoms with Crippen molar-refractivity contribution in [3.05, 3.63) is 35.4 Å². The van der Waals surface area contributed by atoms with Crippen molar-refractivity contribution in [2.24, 2.45) is 0 Å². The van der Waals surface area contributed by atoms with Crippen LogP contribution in [0.15, 0.2) is 24.3 Å². The van der Waals surface area contributed by atoms with Gasteiger partial charge in [0.25, 0.3) is 5.91 Å². The van der Waals surface area contributed by atoms with E-state index in [1.54, 1.807) is 0 Å². The second-order valence-electron chi connectivity index (χ2n) is 3.91. The summed E-state index contributed by atoms with van der Waals surface area (Å²) in [5, 5.41) is 3.24. The third kappa shape index (κ3) is 2.97. The van der Waals surface area contributed by atoms with Crippen LogP contribution >= 0.6 is 12.4 Å². The van der Waals surface area contributed by atoms with Gasteiger partial charge < -0.3 is 10.2 Å². The summed E-state index contributed by atoms with van der Waals surface area (Å²) in [6.07, 6.45) is 0. The molecule has 1 aliphatic rings. The van der Waals surface area contributed by atoms with Crippen molar-refractivity contribution in [3.8, 4) is 0 Å². The predicted octanol–water partition coefficient (Wildman–Crippen LogP) is 1.46. The number of carbonyl (C=O) groups is 1. The number of carbonyl (C=O) groups excluding carboxylic acids is 1. The minimum atomic E-state index is 0. The molecule has 1 aromatic rings. The number of halogens is 1. The molecule has 1 amide bonds. The van der Waals surface area contributed by atoms with Crippen molar-refractivity contribution in [3.63, 3.8) is 0 Å². The molecule has 2 rings (SSSR count). The third-order valence-electron chi connectivity index (χ3n) is 2.70. The topological polar surface area (TPSA) is 32.3 Å². The summed E-state index contributed by atoms with van der Waals surface area (Å²) in [6, 6.07) is 7.77. The minimum absolute atomic E-state index is 0. The maximum atomic E-state index is 12.0. The normalized spacial score (nSPS) is 15.4. The quantitative estimate of drug-likeness (QED) is 0.806. The van der Waals surface area contributed by atoms with Gasteiger partial charge in [0.2, 0.25) is 0 Å². The molecule has 0 bridgehead atoms. The number of piperazine rings is 1. The zero-order valence-corrected chi connectivity index (χ0v) is 10.2. The van der Waals surface area contributed by atoms with Crippen LogP contribution < -0.4 is 5.32 Å². The Balaban J connectivity index is 0.00000128. The largest absolute Gasteiger partial charge is 0.336 e. The molecule has 0 unspecified atom stereocenters. The lowest BCUT2D eigenvalue weighted by Gasteiger charge is -2.27. The molecule has 0 aromatic heterocycles. The van der Waals surface area contributed by atoms with E-state index in [0.717, 1.165) is 31.7 Å². The molecule has 88 valence electrons. The summed E-state index contributed by atoms with van der Waals surface area (Å²) >= 11 is 0. The van der Waals surface area contributed by atoms with Crippen LogP contribution in [0.3, 0.4) is 0 Å². The number of benzene rings is 1. The van der Waals surface area contributed by atoms with Gasteiger partial charge in [0.15, 0.2) is 0 Å². The highest BCUT2D eigenvalue weighted by molar-refractivity contribution is 5.94. The van der Waals surface area contributed by atoms with Gasteiger partial charge in [-0.2, -0.15) is 0 Å². The number of nitrogens with one attached hydrogen (secondary N) is 1. The van der Waals surface area contributed by atoms with Crippen LogP contribution in [0.4, 0.5) is 0 Å². The Morgan fingerprint density at radius 3 is 2.31 bits per heavy atom. The Morgan fingerprint density at radius 1 is 1.19 bits per heavy atom. The highest BCUT2D eigenvalue weighted by Crippen LogP contribution is 2.07. The Bertz CT molecular complexity index is 345. The number of amides is 1. The van der Waals surface area contributed by atoms with E-state index in [1.807, 2.05) is 36.1 Å². The molecule has 1 fully saturated rings. The Kier molecular flexibility index (Phi) is 4.77. The monoisotopic (exact) mass is 240 g/mol. The lowest BCUT2D eigenvalue weighted by atomic mass is 10.1. The van der Waals surface area contributed by atoms with Crippen LogP contribution in [0, 0.1) is 6.92 Å². The van der Waals surface area contributed by atoms with Gasteiger partial charge in [-0.05, 0) is 19.1 Å². The molecule has 0 radical (unpaired) electrons. The van der Waals surface area contributed by atoms with E-state index in [9.17, 15) is 4.79 Å². The molecule has 0 saturated carbocycles. The van der Waals surface area contributed by atoms with E-state index >= 15 is 0 Å². The fourth-order valence-corrected chi connectivity index (χ4v) is 1.75. The van der Waals surface area contributed by atoms with Crippen LogP contribution in [0.5, 0.6) is 0 Å². The van der Waals surface area contributed by atoms with Crippen LogP contribution in [-0.2, 0) is 0 Å². The molecule has 0 spiro atoms. The summed E-state index contributed by atoms with van der Waals surface area (Å²) in [6.45, 7) is 5.45. The zero-order chi connectivity index (χ0) is 10.7. The van der Waals surface area contributed by atoms with E-state index in [2.05, 4.69) is 5.32 Å². The molecule has 1 N–H and O–H groups in total. The second kappa shape index (κ2) is 5.87. The van der Waals surface area contributed by atoms with Crippen LogP contribution in [0.2, 0.25) is 0 Å². The van der Waals surface area contributed by atoms with Crippen molar-refractivity contribution < 1.29 is 4.79 Å². The first kappa shape index (κ1) is 13.0. The standard InChI is InChI=1S/C12H16N2O.ClH/c1-10-2-4-11(5-3-10)12(15)14-8-6-13-7-9-14;/h2-5,13H,6-9H2,1H3;1H. The zero-order valence-electron chi connectivity index (χ0n) is 9.40. The molecule has 1 aliphatic heterocycles. The average molecular weight is 241 g/mol. The van der Waals surface area contributed by atoms with Crippen LogP contribution in [0.25, 0.3) is 0 Å². The van der Waals surface area contributed by atoms with Gasteiger partial charge in [-0.15, -0.1) is 12.4 Å². The molecule has 1 saturated heterocycles. The lowest BCUT2D eigenvalue weighted by Crippen LogP contribution is -2.46. The van der Waals surface area contributed by atoms with E-state index in [-0.39, 0.29) is 18.3 Å². The number of nitrogens with zero attached hydrogens (tertiary/aromatic N) is 1. The van der Waals surface area contributed by atoms with Gasteiger partial charge in [-0.1, -0.05) is 17.7 Å². The third-order valence-corrected chi connectivity index (χ3v) is 2.70. The first-order valence-corrected chi connectivity index (χ1v) is 5.34. The smallest absolute Gasteiger partial charge is 0.253 e. The number of rotatable bonds is 1. The minimum Gasteiger partial charge on any atom is -0.336 e. The fourth-order valence-electron chi connectivity index (χ4n) is 1.75. The summed E-state index contributed by atoms with van der Waals surface area (Å²) in [5.74, 6) is 0.150. The molecule has 0 atom stereocenters. The molecule has 16 heavy (non-hydrogen) atoms. The van der Waals surface area contributed by atoms with Gasteiger partial charge in [0.1, 0.15) is 0 Å². The predicted molar refractivity (Wildman–Crippen MR) is 67.2 cm³/mol. The first-order chi connectivity index (χ1) is 7.27. The van der Waals surface area contributed by atoms with Crippen molar-refractivity contribution in [1.29, 1.82) is 0 Å². The molecule has 3 nitrogen and oxygen atoms in total. The van der Waals surface area contributed by atoms with Gasteiger partial charge in [-0.25, -0.2) is 0 Å². The van der Waals surface area contributed by atoms with Gasteiger partial charge in [0, 0.05) is 31.7 Å². The van der Waals surface area contributed by atoms with E-state index in [1.165, 1.54) is 5.56 Å². The Labute approximate surface area is 102 Å². The molecular formula is C12H17ClN2O. The van der Waals surface area contributed by atoms with Crippen molar-refractivity contribution in [2.45, 2.75) is 6.92 Å². The van der Waals surface area contributed by atoms with Gasteiger partial charge in [0.05, 0.1) is 0 Å². The number of aryl methyl sites for hydroxylation is 1. The molecular weight excluding hydrogens is 224 g/mol. The Hall–Kier alpha value is -1.06. The Morgan fingerprint density at radius 2 is 1.75 bits per heavy atom. The van der Waals surface area contributed by atoms with Crippen LogP contribution in [0.1, 0.15) is 15.9 Å². The van der Waals surface area contributed by atoms with Gasteiger partial charge in [-0.3, -0.25) is 4.79 Å². The van der Waals surface area contributed by atoms with Crippen molar-refractivity contribution >= 4 is 18.3 Å². The highest BCUT2D eigenvalue weighted by atomic mass is 35.5. The van der Waals surface area contributed by atoms with Gasteiger partial charge >= 0.3 is 0 Å². The highest BCUT2D eigenvalue weighted by Gasteiger charge is 2.17. The summed E-state index contributed by atoms with van der Waals surface area (Å²) in [7, 11) is 0. The van der Waals surface area contributed by atoms with Crippen molar-refractivity contribution in [2.75, 3.05) is 26.2 Å². The van der Waals surface area contributed by atoms with E-state index < -0.39 is 0 Å². The number of hydrogen-bond donors (Lipinski definition) is 1. The van der Waals surface area contributed by atoms with Crippen LogP contribution in [-0.4, -0.2) is 37.0 Å². The number of hydrogen-bond acceptors (Lipinski definition) is 2. The first-order valence-electron chi connectivity index (χ1n) is 5.34. The average Bonchev–Trinajstić information content (AvgIpc) is 2.30. The molecule has 1 heterocycles. The maximum absolute atomic E-state index is 12.0. The van der Waals surface area contributed by atoms with E-state index in [0.29, 0.717) is 0 Å². The summed E-state index contributed by atoms with van der Waals surface area (Å²) in [4.78, 5) is 13.9. The molecule has 4 heteroatoms. The second-order valence-corrected chi connectivity index (χ2v) is 3.91. The SMILES string of the molecule is Cc1ccc(C(=O)N2CCNCC2)cc1.Cl. The summed E-state index contributed by atoms with van der Waals surface area (Å²) in [5.41, 5.74) is 1.98. The fraction of sp³-hybridized carbons (Fsp3) is 0.417. The van der Waals surface area contributed by atoms with Crippen molar-refractivity contribution in [1.82, 2.24) is 10.2 Å². The van der Waals surface area contributed by atoms with E-state index in [4.69, 9.17) is 0 Å². The molecule has 0 aliphatic carbocycles. The summed E-state index contributed by atoms with van der Waals surface area (Å²) < 4.78 is 0. The lowest BCUT2D eigenvalue weighted by molar-refractivity contribution is 0.0736. The maximum Gasteiger partial charge on any atom is 0.253 e.